The van der Waals surface area contributed by atoms with Gasteiger partial charge in [-0.05, 0) is 37.8 Å². The predicted octanol–water partition coefficient (Wildman–Crippen LogP) is 4.80. The number of ether oxygens (including phenoxy) is 2. The van der Waals surface area contributed by atoms with Crippen molar-refractivity contribution in [2.75, 3.05) is 13.7 Å². The van der Waals surface area contributed by atoms with E-state index in [9.17, 15) is 4.79 Å². The molecule has 1 aromatic rings. The minimum Gasteiger partial charge on any atom is -0.496 e. The molecule has 0 amide bonds. The van der Waals surface area contributed by atoms with E-state index >= 15 is 0 Å². The largest absolute Gasteiger partial charge is 0.496 e. The average molecular weight is 306 g/mol. The van der Waals surface area contributed by atoms with Crippen LogP contribution in [-0.4, -0.2) is 19.7 Å². The van der Waals surface area contributed by atoms with Crippen LogP contribution in [0.4, 0.5) is 0 Å². The highest BCUT2D eigenvalue weighted by molar-refractivity contribution is 5.78. The second kappa shape index (κ2) is 8.21. The molecule has 22 heavy (non-hydrogen) atoms. The van der Waals surface area contributed by atoms with E-state index in [2.05, 4.69) is 26.8 Å². The van der Waals surface area contributed by atoms with Gasteiger partial charge in [0, 0.05) is 5.92 Å². The third-order valence-corrected chi connectivity index (χ3v) is 4.73. The summed E-state index contributed by atoms with van der Waals surface area (Å²) in [5.74, 6) is 0.979. The smallest absolute Gasteiger partial charge is 0.312 e. The Bertz CT molecular complexity index is 481. The molecule has 0 spiro atoms. The van der Waals surface area contributed by atoms with E-state index in [1.165, 1.54) is 0 Å². The number of methoxy groups -OCH3 is 1. The Balaban J connectivity index is 3.39. The Morgan fingerprint density at radius 2 is 1.86 bits per heavy atom. The Kier molecular flexibility index (Phi) is 6.92. The second-order valence-electron chi connectivity index (χ2n) is 6.24. The maximum absolute atomic E-state index is 12.7. The summed E-state index contributed by atoms with van der Waals surface area (Å²) in [6, 6.07) is 8.00. The van der Waals surface area contributed by atoms with Crippen LogP contribution in [0.5, 0.6) is 5.75 Å². The van der Waals surface area contributed by atoms with Crippen LogP contribution in [0, 0.1) is 11.3 Å². The van der Waals surface area contributed by atoms with E-state index in [0.29, 0.717) is 6.61 Å². The first-order valence-electron chi connectivity index (χ1n) is 8.23. The van der Waals surface area contributed by atoms with E-state index in [1.807, 2.05) is 32.0 Å². The molecule has 3 nitrogen and oxygen atoms in total. The van der Waals surface area contributed by atoms with Gasteiger partial charge >= 0.3 is 5.97 Å². The van der Waals surface area contributed by atoms with Crippen LogP contribution in [0.2, 0.25) is 0 Å². The molecule has 0 radical (unpaired) electrons. The number of esters is 1. The van der Waals surface area contributed by atoms with Crippen LogP contribution in [-0.2, 0) is 9.53 Å². The molecule has 2 atom stereocenters. The average Bonchev–Trinajstić information content (AvgIpc) is 2.51. The minimum atomic E-state index is -0.569. The first-order chi connectivity index (χ1) is 10.4. The number of benzene rings is 1. The van der Waals surface area contributed by atoms with E-state index in [4.69, 9.17) is 9.47 Å². The van der Waals surface area contributed by atoms with Crippen LogP contribution in [0.25, 0.3) is 0 Å². The summed E-state index contributed by atoms with van der Waals surface area (Å²) in [7, 11) is 1.68. The summed E-state index contributed by atoms with van der Waals surface area (Å²) in [6.07, 6.45) is 1.93. The zero-order valence-electron chi connectivity index (χ0n) is 14.8. The molecule has 124 valence electrons. The third-order valence-electron chi connectivity index (χ3n) is 4.73. The lowest BCUT2D eigenvalue weighted by Crippen LogP contribution is -2.41. The molecule has 2 unspecified atom stereocenters. The molecule has 0 fully saturated rings. The number of carbonyl (C=O) groups excluding carboxylic acids is 1. The fraction of sp³-hybridized carbons (Fsp3) is 0.632. The Labute approximate surface area is 135 Å². The highest BCUT2D eigenvalue weighted by atomic mass is 16.5. The SMILES string of the molecule is CCCC(c1ccccc1OC)C(C)(C(=O)OCC)C(C)C. The molecule has 0 aromatic heterocycles. The zero-order valence-corrected chi connectivity index (χ0v) is 14.8. The van der Waals surface area contributed by atoms with Crippen LogP contribution < -0.4 is 4.74 Å². The molecule has 3 heteroatoms. The van der Waals surface area contributed by atoms with Crippen molar-refractivity contribution in [3.05, 3.63) is 29.8 Å². The molecule has 1 aromatic carbocycles. The molecule has 0 aliphatic rings. The molecule has 0 bridgehead atoms. The minimum absolute atomic E-state index is 0.0766. The van der Waals surface area contributed by atoms with Gasteiger partial charge in [0.25, 0.3) is 0 Å². The highest BCUT2D eigenvalue weighted by Gasteiger charge is 2.46. The van der Waals surface area contributed by atoms with Crippen molar-refractivity contribution in [2.45, 2.75) is 53.4 Å². The van der Waals surface area contributed by atoms with Gasteiger partial charge in [0.1, 0.15) is 5.75 Å². The Hall–Kier alpha value is -1.51. The number of para-hydroxylation sites is 1. The van der Waals surface area contributed by atoms with Crippen molar-refractivity contribution < 1.29 is 14.3 Å². The summed E-state index contributed by atoms with van der Waals surface area (Å²) >= 11 is 0. The normalized spacial score (nSPS) is 15.2. The van der Waals surface area contributed by atoms with Crippen LogP contribution in [0.3, 0.4) is 0 Å². The molecular weight excluding hydrogens is 276 g/mol. The van der Waals surface area contributed by atoms with Gasteiger partial charge in [-0.25, -0.2) is 0 Å². The highest BCUT2D eigenvalue weighted by Crippen LogP contribution is 2.48. The maximum Gasteiger partial charge on any atom is 0.312 e. The Morgan fingerprint density at radius 3 is 2.36 bits per heavy atom. The van der Waals surface area contributed by atoms with E-state index < -0.39 is 5.41 Å². The Morgan fingerprint density at radius 1 is 1.23 bits per heavy atom. The van der Waals surface area contributed by atoms with Crippen molar-refractivity contribution in [3.63, 3.8) is 0 Å². The van der Waals surface area contributed by atoms with Crippen molar-refractivity contribution in [1.29, 1.82) is 0 Å². The van der Waals surface area contributed by atoms with E-state index in [0.717, 1.165) is 24.2 Å². The van der Waals surface area contributed by atoms with Gasteiger partial charge in [-0.2, -0.15) is 0 Å². The van der Waals surface area contributed by atoms with Crippen LogP contribution in [0.1, 0.15) is 58.9 Å². The number of hydrogen-bond donors (Lipinski definition) is 0. The van der Waals surface area contributed by atoms with Gasteiger partial charge in [-0.1, -0.05) is 45.4 Å². The summed E-state index contributed by atoms with van der Waals surface area (Å²) in [5.41, 5.74) is 0.525. The lowest BCUT2D eigenvalue weighted by Gasteiger charge is -2.39. The first-order valence-corrected chi connectivity index (χ1v) is 8.23. The lowest BCUT2D eigenvalue weighted by atomic mass is 9.65. The molecule has 0 saturated heterocycles. The van der Waals surface area contributed by atoms with Gasteiger partial charge in [-0.15, -0.1) is 0 Å². The molecule has 1 rings (SSSR count). The van der Waals surface area contributed by atoms with Gasteiger partial charge < -0.3 is 9.47 Å². The summed E-state index contributed by atoms with van der Waals surface area (Å²) in [4.78, 5) is 12.7. The maximum atomic E-state index is 12.7. The molecule has 0 N–H and O–H groups in total. The van der Waals surface area contributed by atoms with Gasteiger partial charge in [0.05, 0.1) is 19.1 Å². The lowest BCUT2D eigenvalue weighted by molar-refractivity contribution is -0.159. The summed E-state index contributed by atoms with van der Waals surface area (Å²) in [5, 5.41) is 0. The number of carbonyl (C=O) groups is 1. The van der Waals surface area contributed by atoms with E-state index in [-0.39, 0.29) is 17.8 Å². The molecule has 0 heterocycles. The third kappa shape index (κ3) is 3.63. The van der Waals surface area contributed by atoms with Crippen molar-refractivity contribution in [3.8, 4) is 5.75 Å². The quantitative estimate of drug-likeness (QED) is 0.647. The standard InChI is InChI=1S/C19H30O3/c1-7-11-16(15-12-9-10-13-17(15)21-6)19(5,14(3)4)18(20)22-8-2/h9-10,12-14,16H,7-8,11H2,1-6H3. The van der Waals surface area contributed by atoms with Gasteiger partial charge in [0.2, 0.25) is 0 Å². The molecule has 0 aliphatic carbocycles. The number of hydrogen-bond acceptors (Lipinski definition) is 3. The summed E-state index contributed by atoms with van der Waals surface area (Å²) < 4.78 is 10.9. The molecular formula is C19H30O3. The van der Waals surface area contributed by atoms with Crippen molar-refractivity contribution in [1.82, 2.24) is 0 Å². The van der Waals surface area contributed by atoms with Crippen molar-refractivity contribution >= 4 is 5.97 Å². The molecule has 0 aliphatic heterocycles. The first kappa shape index (κ1) is 18.5. The monoisotopic (exact) mass is 306 g/mol. The van der Waals surface area contributed by atoms with Gasteiger partial charge in [0.15, 0.2) is 0 Å². The fourth-order valence-corrected chi connectivity index (χ4v) is 3.09. The topological polar surface area (TPSA) is 35.5 Å². The predicted molar refractivity (Wildman–Crippen MR) is 90.2 cm³/mol. The van der Waals surface area contributed by atoms with Gasteiger partial charge in [-0.3, -0.25) is 4.79 Å². The fourth-order valence-electron chi connectivity index (χ4n) is 3.09. The van der Waals surface area contributed by atoms with Crippen molar-refractivity contribution in [2.24, 2.45) is 11.3 Å². The van der Waals surface area contributed by atoms with E-state index in [1.54, 1.807) is 7.11 Å². The summed E-state index contributed by atoms with van der Waals surface area (Å²) in [6.45, 7) is 10.6. The second-order valence-corrected chi connectivity index (χ2v) is 6.24. The van der Waals surface area contributed by atoms with Crippen LogP contribution in [0.15, 0.2) is 24.3 Å². The zero-order chi connectivity index (χ0) is 16.8. The number of rotatable bonds is 8. The molecule has 0 saturated carbocycles. The van der Waals surface area contributed by atoms with Crippen LogP contribution >= 0.6 is 0 Å².